The van der Waals surface area contributed by atoms with E-state index in [1.54, 1.807) is 7.11 Å². The Bertz CT molecular complexity index is 2530. The van der Waals surface area contributed by atoms with Gasteiger partial charge in [0.2, 0.25) is 0 Å². The average Bonchev–Trinajstić information content (AvgIpc) is 3.35. The number of nitrogens with two attached hydrogens (primary N) is 1. The lowest BCUT2D eigenvalue weighted by Gasteiger charge is -2.34. The Labute approximate surface area is 374 Å². The van der Waals surface area contributed by atoms with Crippen molar-refractivity contribution in [1.29, 1.82) is 5.41 Å². The fourth-order valence-electron chi connectivity index (χ4n) is 7.03. The maximum Gasteiger partial charge on any atom is 0.169 e. The first-order chi connectivity index (χ1) is 30.8. The highest BCUT2D eigenvalue weighted by atomic mass is 16.5. The summed E-state index contributed by atoms with van der Waals surface area (Å²) in [5.74, 6) is 2.00. The number of ether oxygens (including phenoxy) is 2. The van der Waals surface area contributed by atoms with Gasteiger partial charge in [-0.2, -0.15) is 0 Å². The monoisotopic (exact) mass is 830 g/mol. The van der Waals surface area contributed by atoms with Crippen molar-refractivity contribution < 1.29 is 9.47 Å². The summed E-state index contributed by atoms with van der Waals surface area (Å²) >= 11 is 0. The van der Waals surface area contributed by atoms with E-state index in [0.29, 0.717) is 17.2 Å². The van der Waals surface area contributed by atoms with Crippen molar-refractivity contribution in [1.82, 2.24) is 4.98 Å². The van der Waals surface area contributed by atoms with Crippen LogP contribution >= 0.6 is 0 Å². The van der Waals surface area contributed by atoms with Crippen LogP contribution in [0.1, 0.15) is 66.7 Å². The fourth-order valence-corrected chi connectivity index (χ4v) is 7.03. The van der Waals surface area contributed by atoms with E-state index in [2.05, 4.69) is 135 Å². The Hall–Kier alpha value is -7.41. The Morgan fingerprint density at radius 2 is 1.22 bits per heavy atom. The Kier molecular flexibility index (Phi) is 17.9. The van der Waals surface area contributed by atoms with Gasteiger partial charge in [-0.15, -0.1) is 0 Å². The zero-order valence-electron chi connectivity index (χ0n) is 37.0. The minimum atomic E-state index is -0.453. The minimum Gasteiger partial charge on any atom is -0.492 e. The normalized spacial score (nSPS) is 10.8. The maximum absolute atomic E-state index is 7.46. The van der Waals surface area contributed by atoms with Crippen molar-refractivity contribution in [3.63, 3.8) is 0 Å². The number of hydrogen-bond donors (Lipinski definition) is 2. The van der Waals surface area contributed by atoms with Crippen LogP contribution in [0.4, 0.5) is 0 Å². The molecule has 1 atom stereocenters. The molecule has 0 aliphatic carbocycles. The molecule has 0 aliphatic heterocycles. The van der Waals surface area contributed by atoms with Gasteiger partial charge in [0, 0.05) is 29.0 Å². The molecule has 3 N–H and O–H groups in total. The topological polar surface area (TPSA) is 93.6 Å². The first kappa shape index (κ1) is 46.7. The molecular formula is C57H58N4O2. The van der Waals surface area contributed by atoms with Gasteiger partial charge in [-0.3, -0.25) is 9.98 Å². The molecule has 7 aromatic carbocycles. The van der Waals surface area contributed by atoms with E-state index in [1.165, 1.54) is 34.9 Å². The first-order valence-electron chi connectivity index (χ1n) is 21.2. The summed E-state index contributed by atoms with van der Waals surface area (Å²) < 4.78 is 12.4. The summed E-state index contributed by atoms with van der Waals surface area (Å²) in [6.07, 6.45) is 4.11. The van der Waals surface area contributed by atoms with E-state index < -0.39 is 5.41 Å². The van der Waals surface area contributed by atoms with Gasteiger partial charge in [-0.25, -0.2) is 0 Å². The van der Waals surface area contributed by atoms with Gasteiger partial charge in [0.25, 0.3) is 0 Å². The van der Waals surface area contributed by atoms with Crippen LogP contribution in [0.25, 0.3) is 22.4 Å². The van der Waals surface area contributed by atoms with Gasteiger partial charge < -0.3 is 20.6 Å². The second-order valence-corrected chi connectivity index (χ2v) is 14.9. The molecule has 1 heterocycles. The lowest BCUT2D eigenvalue weighted by Crippen LogP contribution is -2.26. The lowest BCUT2D eigenvalue weighted by atomic mass is 9.68. The van der Waals surface area contributed by atoms with Gasteiger partial charge in [0.15, 0.2) is 11.5 Å². The summed E-state index contributed by atoms with van der Waals surface area (Å²) in [6.45, 7) is 12.0. The standard InChI is InChI=1S/C34H29NO2.C12H11N.C8H10N2.C3H8/c1-34(27-14-8-4-9-15-27,28-16-10-5-11-17-28)30-22-23-31(37-29-20-18-25(24-35)19-21-29)33(36-2)32(30)26-12-6-3-7-13-26;1-10-5-4-6-11(9-10)12-7-2-3-8-13-12;1-10-8(9)7-5-3-2-4-6-7;1-3-2/h3-24,35H,1-2H3;2-9H,1H3;2-6,8H,1,9H2;3H2,1-2H3. The number of rotatable bonds is 11. The van der Waals surface area contributed by atoms with Crippen LogP contribution in [0.15, 0.2) is 211 Å². The third-order valence-corrected chi connectivity index (χ3v) is 10.2. The molecule has 1 aromatic heterocycles. The predicted molar refractivity (Wildman–Crippen MR) is 265 cm³/mol. The van der Waals surface area contributed by atoms with Crippen molar-refractivity contribution in [2.24, 2.45) is 10.7 Å². The van der Waals surface area contributed by atoms with E-state index in [0.717, 1.165) is 33.5 Å². The molecule has 0 bridgehead atoms. The SMILES string of the molecule is C=NC(N)c1ccccc1.CCC.COc1c(Oc2ccc(C=N)cc2)ccc(C(C)(c2ccccc2)c2ccccc2)c1-c1ccccc1.Cc1cccc(-c2ccccn2)c1. The highest BCUT2D eigenvalue weighted by molar-refractivity contribution is 5.81. The van der Waals surface area contributed by atoms with Crippen LogP contribution in [0.5, 0.6) is 17.2 Å². The second-order valence-electron chi connectivity index (χ2n) is 14.9. The van der Waals surface area contributed by atoms with Crippen LogP contribution in [0.2, 0.25) is 0 Å². The summed E-state index contributed by atoms with van der Waals surface area (Å²) in [7, 11) is 1.69. The largest absolute Gasteiger partial charge is 0.492 e. The number of methoxy groups -OCH3 is 1. The Morgan fingerprint density at radius 3 is 1.73 bits per heavy atom. The molecule has 0 spiro atoms. The van der Waals surface area contributed by atoms with Crippen LogP contribution in [-0.2, 0) is 5.41 Å². The van der Waals surface area contributed by atoms with Crippen LogP contribution in [0.3, 0.4) is 0 Å². The average molecular weight is 831 g/mol. The van der Waals surface area contributed by atoms with E-state index in [4.69, 9.17) is 20.6 Å². The number of aromatic nitrogens is 1. The van der Waals surface area contributed by atoms with E-state index in [-0.39, 0.29) is 6.17 Å². The third-order valence-electron chi connectivity index (χ3n) is 10.2. The molecule has 6 nitrogen and oxygen atoms in total. The van der Waals surface area contributed by atoms with Crippen LogP contribution in [0, 0.1) is 12.3 Å². The van der Waals surface area contributed by atoms with Crippen molar-refractivity contribution in [3.8, 4) is 39.6 Å². The number of pyridine rings is 1. The van der Waals surface area contributed by atoms with Crippen molar-refractivity contribution in [2.75, 3.05) is 7.11 Å². The first-order valence-corrected chi connectivity index (χ1v) is 21.2. The van der Waals surface area contributed by atoms with E-state index in [1.807, 2.05) is 115 Å². The highest BCUT2D eigenvalue weighted by Crippen LogP contribution is 2.50. The van der Waals surface area contributed by atoms with Crippen molar-refractivity contribution >= 4 is 12.9 Å². The van der Waals surface area contributed by atoms with Crippen LogP contribution in [-0.4, -0.2) is 25.0 Å². The molecule has 6 heteroatoms. The summed E-state index contributed by atoms with van der Waals surface area (Å²) in [5, 5.41) is 7.46. The van der Waals surface area contributed by atoms with E-state index >= 15 is 0 Å². The summed E-state index contributed by atoms with van der Waals surface area (Å²) in [6, 6.07) is 67.1. The molecule has 8 rings (SSSR count). The quantitative estimate of drug-likeness (QED) is 0.100. The number of aryl methyl sites for hydroxylation is 1. The van der Waals surface area contributed by atoms with Crippen LogP contribution < -0.4 is 15.2 Å². The summed E-state index contributed by atoms with van der Waals surface area (Å²) in [4.78, 5) is 7.98. The van der Waals surface area contributed by atoms with Crippen molar-refractivity contribution in [2.45, 2.75) is 45.7 Å². The maximum atomic E-state index is 7.46. The number of nitrogens with one attached hydrogen (secondary N) is 1. The Balaban J connectivity index is 0.000000232. The molecule has 63 heavy (non-hydrogen) atoms. The molecular weight excluding hydrogens is 773 g/mol. The highest BCUT2D eigenvalue weighted by Gasteiger charge is 2.35. The van der Waals surface area contributed by atoms with Crippen molar-refractivity contribution in [3.05, 3.63) is 240 Å². The predicted octanol–water partition coefficient (Wildman–Crippen LogP) is 14.3. The smallest absolute Gasteiger partial charge is 0.169 e. The molecule has 0 radical (unpaired) electrons. The molecule has 1 unspecified atom stereocenters. The zero-order valence-corrected chi connectivity index (χ0v) is 37.0. The third kappa shape index (κ3) is 12.6. The number of hydrogen-bond acceptors (Lipinski definition) is 6. The van der Waals surface area contributed by atoms with Gasteiger partial charge in [-0.05, 0) is 102 Å². The summed E-state index contributed by atoms with van der Waals surface area (Å²) in [5.41, 5.74) is 16.0. The molecule has 8 aromatic rings. The van der Waals surface area contributed by atoms with Gasteiger partial charge in [0.05, 0.1) is 12.8 Å². The van der Waals surface area contributed by atoms with Gasteiger partial charge in [-0.1, -0.05) is 177 Å². The van der Waals surface area contributed by atoms with Gasteiger partial charge in [0.1, 0.15) is 11.9 Å². The number of aliphatic imine (C=N–C) groups is 1. The fraction of sp³-hybridized carbons (Fsp3) is 0.140. The zero-order chi connectivity index (χ0) is 44.9. The second kappa shape index (κ2) is 24.1. The number of benzene rings is 7. The van der Waals surface area contributed by atoms with Gasteiger partial charge >= 0.3 is 0 Å². The minimum absolute atomic E-state index is 0.277. The molecule has 0 aliphatic rings. The number of nitrogens with zero attached hydrogens (tertiary/aromatic N) is 2. The van der Waals surface area contributed by atoms with E-state index in [9.17, 15) is 0 Å². The Morgan fingerprint density at radius 1 is 0.683 bits per heavy atom. The molecule has 0 amide bonds. The molecule has 0 fully saturated rings. The molecule has 0 saturated carbocycles. The molecule has 318 valence electrons. The molecule has 0 saturated heterocycles. The lowest BCUT2D eigenvalue weighted by molar-refractivity contribution is 0.379.